The molecule has 4 nitrogen and oxygen atoms in total. The Kier molecular flexibility index (Phi) is 4.85. The van der Waals surface area contributed by atoms with Crippen LogP contribution in [0.15, 0.2) is 29.2 Å². The molecule has 0 aliphatic heterocycles. The Morgan fingerprint density at radius 2 is 1.94 bits per heavy atom. The Morgan fingerprint density at radius 3 is 2.44 bits per heavy atom. The van der Waals surface area contributed by atoms with Crippen molar-refractivity contribution in [2.75, 3.05) is 12.9 Å². The number of nitrogens with one attached hydrogen (secondary N) is 1. The highest BCUT2D eigenvalue weighted by molar-refractivity contribution is 8.00. The van der Waals surface area contributed by atoms with Gasteiger partial charge in [0, 0.05) is 11.8 Å². The number of amides is 2. The number of hydrogen-bond acceptors (Lipinski definition) is 4. The lowest BCUT2D eigenvalue weighted by molar-refractivity contribution is -0.127. The maximum absolute atomic E-state index is 11.2. The van der Waals surface area contributed by atoms with E-state index in [1.54, 1.807) is 7.11 Å². The van der Waals surface area contributed by atoms with Crippen LogP contribution >= 0.6 is 11.8 Å². The highest BCUT2D eigenvalue weighted by Gasteiger charge is 2.04. The lowest BCUT2D eigenvalue weighted by Gasteiger charge is -2.03. The molecule has 1 N–H and O–H groups in total. The fraction of sp³-hybridized carbons (Fsp3) is 0.273. The van der Waals surface area contributed by atoms with Crippen molar-refractivity contribution in [3.63, 3.8) is 0 Å². The van der Waals surface area contributed by atoms with Crippen molar-refractivity contribution in [1.82, 2.24) is 5.32 Å². The van der Waals surface area contributed by atoms with E-state index in [-0.39, 0.29) is 17.6 Å². The molecule has 0 atom stereocenters. The first-order valence-corrected chi connectivity index (χ1v) is 5.67. The number of methoxy groups -OCH3 is 1. The van der Waals surface area contributed by atoms with E-state index in [4.69, 9.17) is 4.74 Å². The van der Waals surface area contributed by atoms with Crippen LogP contribution in [0.25, 0.3) is 0 Å². The maximum Gasteiger partial charge on any atom is 0.236 e. The summed E-state index contributed by atoms with van der Waals surface area (Å²) in [5.74, 6) is 0.387. The molecule has 0 bridgehead atoms. The zero-order valence-corrected chi connectivity index (χ0v) is 9.97. The van der Waals surface area contributed by atoms with E-state index in [1.807, 2.05) is 24.3 Å². The molecule has 0 heterocycles. The van der Waals surface area contributed by atoms with Crippen LogP contribution in [0.3, 0.4) is 0 Å². The van der Waals surface area contributed by atoms with E-state index in [1.165, 1.54) is 18.7 Å². The average molecular weight is 239 g/mol. The Hall–Kier alpha value is -1.49. The van der Waals surface area contributed by atoms with E-state index < -0.39 is 0 Å². The maximum atomic E-state index is 11.2. The minimum Gasteiger partial charge on any atom is -0.497 e. The first kappa shape index (κ1) is 12.6. The zero-order valence-electron chi connectivity index (χ0n) is 9.15. The summed E-state index contributed by atoms with van der Waals surface area (Å²) < 4.78 is 5.01. The fourth-order valence-electron chi connectivity index (χ4n) is 1.05. The number of thioether (sulfide) groups is 1. The summed E-state index contributed by atoms with van der Waals surface area (Å²) >= 11 is 1.37. The smallest absolute Gasteiger partial charge is 0.236 e. The summed E-state index contributed by atoms with van der Waals surface area (Å²) in [6.45, 7) is 1.32. The summed E-state index contributed by atoms with van der Waals surface area (Å²) in [4.78, 5) is 22.7. The quantitative estimate of drug-likeness (QED) is 0.808. The number of benzene rings is 1. The molecule has 1 aromatic carbocycles. The van der Waals surface area contributed by atoms with Crippen LogP contribution in [0.2, 0.25) is 0 Å². The highest BCUT2D eigenvalue weighted by Crippen LogP contribution is 2.20. The SMILES string of the molecule is COc1ccc(SCC(=O)NC(C)=O)cc1. The van der Waals surface area contributed by atoms with Gasteiger partial charge in [0.05, 0.1) is 12.9 Å². The summed E-state index contributed by atoms with van der Waals surface area (Å²) in [6, 6.07) is 7.38. The van der Waals surface area contributed by atoms with E-state index in [0.717, 1.165) is 10.6 Å². The number of imide groups is 1. The largest absolute Gasteiger partial charge is 0.497 e. The molecule has 0 aliphatic carbocycles. The summed E-state index contributed by atoms with van der Waals surface area (Å²) in [5.41, 5.74) is 0. The molecule has 1 aromatic rings. The Balaban J connectivity index is 2.42. The summed E-state index contributed by atoms with van der Waals surface area (Å²) in [7, 11) is 1.60. The minimum atomic E-state index is -0.333. The van der Waals surface area contributed by atoms with Crippen molar-refractivity contribution < 1.29 is 14.3 Å². The molecule has 0 fully saturated rings. The van der Waals surface area contributed by atoms with Gasteiger partial charge < -0.3 is 4.74 Å². The van der Waals surface area contributed by atoms with Crippen LogP contribution in [0.4, 0.5) is 0 Å². The zero-order chi connectivity index (χ0) is 12.0. The van der Waals surface area contributed by atoms with Crippen LogP contribution in [0.1, 0.15) is 6.92 Å². The molecular formula is C11H13NO3S. The van der Waals surface area contributed by atoms with Gasteiger partial charge in [0.15, 0.2) is 0 Å². The fourth-order valence-corrected chi connectivity index (χ4v) is 1.75. The molecule has 0 radical (unpaired) electrons. The van der Waals surface area contributed by atoms with Crippen molar-refractivity contribution in [2.24, 2.45) is 0 Å². The van der Waals surface area contributed by atoms with Crippen molar-refractivity contribution in [3.05, 3.63) is 24.3 Å². The number of ether oxygens (including phenoxy) is 1. The number of hydrogen-bond donors (Lipinski definition) is 1. The molecule has 5 heteroatoms. The van der Waals surface area contributed by atoms with Crippen LogP contribution in [-0.4, -0.2) is 24.7 Å². The third-order valence-electron chi connectivity index (χ3n) is 1.74. The lowest BCUT2D eigenvalue weighted by Crippen LogP contribution is -2.29. The molecule has 0 aliphatic rings. The van der Waals surface area contributed by atoms with Crippen molar-refractivity contribution in [2.45, 2.75) is 11.8 Å². The van der Waals surface area contributed by atoms with Gasteiger partial charge in [-0.2, -0.15) is 0 Å². The Morgan fingerprint density at radius 1 is 1.31 bits per heavy atom. The van der Waals surface area contributed by atoms with Crippen LogP contribution < -0.4 is 10.1 Å². The van der Waals surface area contributed by atoms with Gasteiger partial charge in [-0.05, 0) is 24.3 Å². The predicted molar refractivity (Wildman–Crippen MR) is 62.5 cm³/mol. The summed E-state index contributed by atoms with van der Waals surface area (Å²) in [6.07, 6.45) is 0. The number of carbonyl (C=O) groups is 2. The monoisotopic (exact) mass is 239 g/mol. The second-order valence-corrected chi connectivity index (χ2v) is 4.12. The molecule has 0 aromatic heterocycles. The number of rotatable bonds is 4. The van der Waals surface area contributed by atoms with Gasteiger partial charge in [-0.15, -0.1) is 11.8 Å². The molecule has 0 saturated carbocycles. The molecule has 0 spiro atoms. The lowest BCUT2D eigenvalue weighted by atomic mass is 10.3. The molecule has 16 heavy (non-hydrogen) atoms. The van der Waals surface area contributed by atoms with Gasteiger partial charge in [0.2, 0.25) is 11.8 Å². The first-order valence-electron chi connectivity index (χ1n) is 4.69. The first-order chi connectivity index (χ1) is 7.61. The average Bonchev–Trinajstić information content (AvgIpc) is 2.26. The highest BCUT2D eigenvalue weighted by atomic mass is 32.2. The molecule has 86 valence electrons. The van der Waals surface area contributed by atoms with Gasteiger partial charge >= 0.3 is 0 Å². The second-order valence-electron chi connectivity index (χ2n) is 3.07. The van der Waals surface area contributed by atoms with Crippen LogP contribution in [0, 0.1) is 0 Å². The van der Waals surface area contributed by atoms with E-state index in [0.29, 0.717) is 0 Å². The minimum absolute atomic E-state index is 0.228. The van der Waals surface area contributed by atoms with Crippen molar-refractivity contribution >= 4 is 23.6 Å². The third kappa shape index (κ3) is 4.35. The van der Waals surface area contributed by atoms with Gasteiger partial charge in [-0.1, -0.05) is 0 Å². The Labute approximate surface area is 98.4 Å². The molecule has 0 saturated heterocycles. The van der Waals surface area contributed by atoms with E-state index in [9.17, 15) is 9.59 Å². The third-order valence-corrected chi connectivity index (χ3v) is 2.76. The predicted octanol–water partition coefficient (Wildman–Crippen LogP) is 1.45. The molecule has 1 rings (SSSR count). The van der Waals surface area contributed by atoms with Crippen molar-refractivity contribution in [3.8, 4) is 5.75 Å². The standard InChI is InChI=1S/C11H13NO3S/c1-8(13)12-11(14)7-16-10-5-3-9(15-2)4-6-10/h3-6H,7H2,1-2H3,(H,12,13,14). The second kappa shape index (κ2) is 6.17. The van der Waals surface area contributed by atoms with Gasteiger partial charge in [-0.25, -0.2) is 0 Å². The van der Waals surface area contributed by atoms with Gasteiger partial charge in [0.25, 0.3) is 0 Å². The Bertz CT molecular complexity index is 375. The van der Waals surface area contributed by atoms with E-state index >= 15 is 0 Å². The summed E-state index contributed by atoms with van der Waals surface area (Å²) in [5, 5.41) is 2.21. The molecule has 2 amide bonds. The molecular weight excluding hydrogens is 226 g/mol. The van der Waals surface area contributed by atoms with Gasteiger partial charge in [0.1, 0.15) is 5.75 Å². The normalized spacial score (nSPS) is 9.62. The van der Waals surface area contributed by atoms with E-state index in [2.05, 4.69) is 5.32 Å². The van der Waals surface area contributed by atoms with Crippen LogP contribution in [0.5, 0.6) is 5.75 Å². The van der Waals surface area contributed by atoms with Crippen LogP contribution in [-0.2, 0) is 9.59 Å². The number of carbonyl (C=O) groups excluding carboxylic acids is 2. The molecule has 0 unspecified atom stereocenters. The van der Waals surface area contributed by atoms with Crippen molar-refractivity contribution in [1.29, 1.82) is 0 Å². The van der Waals surface area contributed by atoms with Gasteiger partial charge in [-0.3, -0.25) is 14.9 Å². The topological polar surface area (TPSA) is 55.4 Å².